The van der Waals surface area contributed by atoms with Crippen molar-refractivity contribution in [2.24, 2.45) is 5.73 Å². The Hall–Kier alpha value is -1.51. The standard InChI is InChI=1S/C12H21N3/c1-4-6-7-8-9-11(15-5-2)12(14)10(3)13/h4-6,13,15H,2,7-9,14H2,1,3H3/b6-4+,12-11-,13-10?. The van der Waals surface area contributed by atoms with E-state index < -0.39 is 0 Å². The van der Waals surface area contributed by atoms with Gasteiger partial charge in [0, 0.05) is 5.70 Å². The van der Waals surface area contributed by atoms with Crippen molar-refractivity contribution in [1.82, 2.24) is 5.32 Å². The summed E-state index contributed by atoms with van der Waals surface area (Å²) in [6.07, 6.45) is 8.66. The lowest BCUT2D eigenvalue weighted by molar-refractivity contribution is 0.780. The molecule has 0 saturated carbocycles. The van der Waals surface area contributed by atoms with Crippen molar-refractivity contribution in [2.45, 2.75) is 33.1 Å². The normalized spacial score (nSPS) is 12.4. The third kappa shape index (κ3) is 5.73. The van der Waals surface area contributed by atoms with E-state index >= 15 is 0 Å². The van der Waals surface area contributed by atoms with Crippen molar-refractivity contribution in [3.05, 3.63) is 36.3 Å². The van der Waals surface area contributed by atoms with Gasteiger partial charge in [-0.1, -0.05) is 18.7 Å². The third-order valence-corrected chi connectivity index (χ3v) is 2.04. The molecule has 15 heavy (non-hydrogen) atoms. The Bertz CT molecular complexity index is 275. The maximum Gasteiger partial charge on any atom is 0.0718 e. The SMILES string of the molecule is C=CN/C(CCC/C=C/C)=C(\N)C(C)=N. The third-order valence-electron chi connectivity index (χ3n) is 2.04. The highest BCUT2D eigenvalue weighted by Gasteiger charge is 2.03. The first-order chi connectivity index (χ1) is 7.13. The summed E-state index contributed by atoms with van der Waals surface area (Å²) < 4.78 is 0. The number of nitrogens with two attached hydrogens (primary N) is 1. The molecule has 0 heterocycles. The molecular formula is C12H21N3. The number of rotatable bonds is 7. The van der Waals surface area contributed by atoms with Crippen LogP contribution in [0.1, 0.15) is 33.1 Å². The molecule has 84 valence electrons. The molecule has 0 aliphatic heterocycles. The maximum absolute atomic E-state index is 7.45. The molecule has 0 bridgehead atoms. The van der Waals surface area contributed by atoms with Crippen LogP contribution in [0.3, 0.4) is 0 Å². The van der Waals surface area contributed by atoms with Crippen molar-refractivity contribution in [2.75, 3.05) is 0 Å². The fourth-order valence-electron chi connectivity index (χ4n) is 1.20. The van der Waals surface area contributed by atoms with Gasteiger partial charge in [0.1, 0.15) is 0 Å². The molecule has 0 unspecified atom stereocenters. The van der Waals surface area contributed by atoms with Gasteiger partial charge < -0.3 is 16.5 Å². The fourth-order valence-corrected chi connectivity index (χ4v) is 1.20. The van der Waals surface area contributed by atoms with Crippen molar-refractivity contribution in [3.63, 3.8) is 0 Å². The molecule has 3 heteroatoms. The van der Waals surface area contributed by atoms with E-state index in [-0.39, 0.29) is 0 Å². The van der Waals surface area contributed by atoms with Gasteiger partial charge in [-0.3, -0.25) is 0 Å². The second-order valence-corrected chi connectivity index (χ2v) is 3.33. The number of nitrogens with one attached hydrogen (secondary N) is 2. The number of allylic oxidation sites excluding steroid dienone is 4. The molecule has 0 aliphatic carbocycles. The van der Waals surface area contributed by atoms with Crippen LogP contribution in [0.15, 0.2) is 36.3 Å². The molecule has 0 atom stereocenters. The summed E-state index contributed by atoms with van der Waals surface area (Å²) >= 11 is 0. The summed E-state index contributed by atoms with van der Waals surface area (Å²) in [4.78, 5) is 0. The van der Waals surface area contributed by atoms with Crippen LogP contribution in [0.5, 0.6) is 0 Å². The van der Waals surface area contributed by atoms with Gasteiger partial charge in [0.05, 0.1) is 11.4 Å². The van der Waals surface area contributed by atoms with E-state index in [0.717, 1.165) is 25.0 Å². The highest BCUT2D eigenvalue weighted by atomic mass is 14.9. The van der Waals surface area contributed by atoms with Crippen molar-refractivity contribution < 1.29 is 0 Å². The molecule has 0 aromatic rings. The number of hydrogen-bond acceptors (Lipinski definition) is 3. The van der Waals surface area contributed by atoms with Crippen LogP contribution >= 0.6 is 0 Å². The summed E-state index contributed by atoms with van der Waals surface area (Å²) in [7, 11) is 0. The van der Waals surface area contributed by atoms with Crippen molar-refractivity contribution in [1.29, 1.82) is 5.41 Å². The van der Waals surface area contributed by atoms with Crippen LogP contribution in [0.4, 0.5) is 0 Å². The van der Waals surface area contributed by atoms with E-state index in [1.807, 2.05) is 13.0 Å². The number of unbranched alkanes of at least 4 members (excludes halogenated alkanes) is 1. The van der Waals surface area contributed by atoms with Gasteiger partial charge in [-0.2, -0.15) is 0 Å². The van der Waals surface area contributed by atoms with Crippen LogP contribution < -0.4 is 11.1 Å². The first kappa shape index (κ1) is 13.5. The zero-order valence-corrected chi connectivity index (χ0v) is 9.64. The van der Waals surface area contributed by atoms with Gasteiger partial charge in [0.2, 0.25) is 0 Å². The lowest BCUT2D eigenvalue weighted by atomic mass is 10.1. The molecule has 0 rings (SSSR count). The predicted molar refractivity (Wildman–Crippen MR) is 66.6 cm³/mol. The first-order valence-corrected chi connectivity index (χ1v) is 5.16. The Morgan fingerprint density at radius 2 is 2.20 bits per heavy atom. The minimum atomic E-state index is 0.394. The van der Waals surface area contributed by atoms with Crippen LogP contribution in [-0.2, 0) is 0 Å². The van der Waals surface area contributed by atoms with Gasteiger partial charge >= 0.3 is 0 Å². The maximum atomic E-state index is 7.45. The molecule has 3 nitrogen and oxygen atoms in total. The summed E-state index contributed by atoms with van der Waals surface area (Å²) in [5, 5.41) is 10.4. The topological polar surface area (TPSA) is 61.9 Å². The lowest BCUT2D eigenvalue weighted by Crippen LogP contribution is -2.17. The van der Waals surface area contributed by atoms with Crippen LogP contribution in [0.2, 0.25) is 0 Å². The van der Waals surface area contributed by atoms with Gasteiger partial charge in [0.15, 0.2) is 0 Å². The average Bonchev–Trinajstić information content (AvgIpc) is 2.21. The van der Waals surface area contributed by atoms with Crippen LogP contribution in [-0.4, -0.2) is 5.71 Å². The highest BCUT2D eigenvalue weighted by Crippen LogP contribution is 2.08. The monoisotopic (exact) mass is 207 g/mol. The molecule has 0 aromatic carbocycles. The molecule has 4 N–H and O–H groups in total. The Morgan fingerprint density at radius 1 is 1.53 bits per heavy atom. The van der Waals surface area contributed by atoms with E-state index in [1.165, 1.54) is 0 Å². The van der Waals surface area contributed by atoms with Gasteiger partial charge in [0.25, 0.3) is 0 Å². The van der Waals surface area contributed by atoms with E-state index in [0.29, 0.717) is 11.4 Å². The quantitative estimate of drug-likeness (QED) is 0.341. The molecule has 0 spiro atoms. The molecule has 0 saturated heterocycles. The van der Waals surface area contributed by atoms with Crippen LogP contribution in [0.25, 0.3) is 0 Å². The Kier molecular flexibility index (Phi) is 7.06. The van der Waals surface area contributed by atoms with E-state index in [9.17, 15) is 0 Å². The smallest absolute Gasteiger partial charge is 0.0718 e. The summed E-state index contributed by atoms with van der Waals surface area (Å²) in [5.41, 5.74) is 7.60. The van der Waals surface area contributed by atoms with E-state index in [1.54, 1.807) is 13.1 Å². The molecule has 0 fully saturated rings. The minimum absolute atomic E-state index is 0.394. The lowest BCUT2D eigenvalue weighted by Gasteiger charge is -2.10. The summed E-state index contributed by atoms with van der Waals surface area (Å²) in [5.74, 6) is 0. The molecule has 0 amide bonds. The van der Waals surface area contributed by atoms with E-state index in [2.05, 4.69) is 18.0 Å². The second kappa shape index (κ2) is 7.85. The number of hydrogen-bond donors (Lipinski definition) is 3. The van der Waals surface area contributed by atoms with Crippen molar-refractivity contribution >= 4 is 5.71 Å². The Morgan fingerprint density at radius 3 is 2.67 bits per heavy atom. The summed E-state index contributed by atoms with van der Waals surface area (Å²) in [6.45, 7) is 7.30. The van der Waals surface area contributed by atoms with Crippen molar-refractivity contribution in [3.8, 4) is 0 Å². The summed E-state index contributed by atoms with van der Waals surface area (Å²) in [6, 6.07) is 0. The predicted octanol–water partition coefficient (Wildman–Crippen LogP) is 2.68. The zero-order chi connectivity index (χ0) is 11.7. The largest absolute Gasteiger partial charge is 0.396 e. The highest BCUT2D eigenvalue weighted by molar-refractivity contribution is 5.95. The second-order valence-electron chi connectivity index (χ2n) is 3.33. The Labute approximate surface area is 92.3 Å². The molecule has 0 aromatic heterocycles. The fraction of sp³-hybridized carbons (Fsp3) is 0.417. The zero-order valence-electron chi connectivity index (χ0n) is 9.64. The van der Waals surface area contributed by atoms with Gasteiger partial charge in [-0.05, 0) is 39.3 Å². The van der Waals surface area contributed by atoms with E-state index in [4.69, 9.17) is 11.1 Å². The van der Waals surface area contributed by atoms with Gasteiger partial charge in [-0.25, -0.2) is 0 Å². The molecular weight excluding hydrogens is 186 g/mol. The average molecular weight is 207 g/mol. The molecule has 0 aliphatic rings. The molecule has 0 radical (unpaired) electrons. The van der Waals surface area contributed by atoms with Crippen LogP contribution in [0, 0.1) is 5.41 Å². The van der Waals surface area contributed by atoms with Gasteiger partial charge in [-0.15, -0.1) is 0 Å². The minimum Gasteiger partial charge on any atom is -0.396 e. The first-order valence-electron chi connectivity index (χ1n) is 5.16. The Balaban J connectivity index is 4.33.